The average molecular weight is 287 g/mol. The Kier molecular flexibility index (Phi) is 6.52. The highest BCUT2D eigenvalue weighted by molar-refractivity contribution is 6.30. The summed E-state index contributed by atoms with van der Waals surface area (Å²) in [5.41, 5.74) is -0.0916. The van der Waals surface area contributed by atoms with Crippen molar-refractivity contribution in [1.82, 2.24) is 9.88 Å². The van der Waals surface area contributed by atoms with Gasteiger partial charge in [0.2, 0.25) is 5.82 Å². The highest BCUT2D eigenvalue weighted by atomic mass is 35.5. The summed E-state index contributed by atoms with van der Waals surface area (Å²) in [6, 6.07) is 1.31. The van der Waals surface area contributed by atoms with Gasteiger partial charge in [0.1, 0.15) is 0 Å². The summed E-state index contributed by atoms with van der Waals surface area (Å²) in [6.45, 7) is 7.65. The van der Waals surface area contributed by atoms with E-state index in [1.54, 1.807) is 0 Å². The van der Waals surface area contributed by atoms with E-state index in [4.69, 9.17) is 11.6 Å². The molecular weight excluding hydrogens is 268 g/mol. The maximum atomic E-state index is 10.9. The summed E-state index contributed by atoms with van der Waals surface area (Å²) in [5, 5.41) is 14.1. The number of rotatable bonds is 8. The number of pyridine rings is 1. The minimum atomic E-state index is -0.481. The summed E-state index contributed by atoms with van der Waals surface area (Å²) in [4.78, 5) is 16.6. The molecule has 0 aliphatic carbocycles. The monoisotopic (exact) mass is 286 g/mol. The first-order valence-electron chi connectivity index (χ1n) is 6.34. The van der Waals surface area contributed by atoms with E-state index in [0.717, 1.165) is 26.1 Å². The van der Waals surface area contributed by atoms with Crippen molar-refractivity contribution in [2.45, 2.75) is 20.3 Å². The van der Waals surface area contributed by atoms with Crippen molar-refractivity contribution in [2.24, 2.45) is 0 Å². The van der Waals surface area contributed by atoms with Crippen LogP contribution < -0.4 is 5.32 Å². The highest BCUT2D eigenvalue weighted by Gasteiger charge is 2.15. The van der Waals surface area contributed by atoms with Crippen molar-refractivity contribution in [1.29, 1.82) is 0 Å². The molecule has 0 saturated heterocycles. The fraction of sp³-hybridized carbons (Fsp3) is 0.583. The second-order valence-electron chi connectivity index (χ2n) is 4.14. The molecule has 0 spiro atoms. The van der Waals surface area contributed by atoms with Gasteiger partial charge in [0.15, 0.2) is 0 Å². The predicted octanol–water partition coefficient (Wildman–Crippen LogP) is 2.79. The van der Waals surface area contributed by atoms with E-state index in [-0.39, 0.29) is 16.5 Å². The van der Waals surface area contributed by atoms with Crippen LogP contribution in [0, 0.1) is 10.1 Å². The SMILES string of the molecule is CCCN(CC)CCNc1ncc(Cl)cc1[N+](=O)[O-]. The van der Waals surface area contributed by atoms with Crippen LogP contribution in [0.15, 0.2) is 12.3 Å². The molecule has 0 aliphatic heterocycles. The molecule has 0 bridgehead atoms. The lowest BCUT2D eigenvalue weighted by Crippen LogP contribution is -2.29. The molecule has 0 aliphatic rings. The number of nitrogens with one attached hydrogen (secondary N) is 1. The molecule has 1 rings (SSSR count). The Hall–Kier alpha value is -1.40. The van der Waals surface area contributed by atoms with Crippen LogP contribution in [-0.4, -0.2) is 41.0 Å². The van der Waals surface area contributed by atoms with Gasteiger partial charge in [0, 0.05) is 25.4 Å². The first kappa shape index (κ1) is 15.7. The first-order valence-corrected chi connectivity index (χ1v) is 6.72. The van der Waals surface area contributed by atoms with E-state index < -0.39 is 4.92 Å². The molecule has 0 unspecified atom stereocenters. The van der Waals surface area contributed by atoms with Gasteiger partial charge in [0.25, 0.3) is 0 Å². The molecule has 0 fully saturated rings. The number of anilines is 1. The molecule has 106 valence electrons. The van der Waals surface area contributed by atoms with Crippen molar-refractivity contribution in [3.05, 3.63) is 27.4 Å². The first-order chi connectivity index (χ1) is 9.08. The van der Waals surface area contributed by atoms with Crippen LogP contribution in [0.2, 0.25) is 5.02 Å². The molecule has 6 nitrogen and oxygen atoms in total. The van der Waals surface area contributed by atoms with Crippen LogP contribution in [0.25, 0.3) is 0 Å². The minimum Gasteiger partial charge on any atom is -0.363 e. The Bertz CT molecular complexity index is 428. The van der Waals surface area contributed by atoms with E-state index in [0.29, 0.717) is 6.54 Å². The van der Waals surface area contributed by atoms with Crippen molar-refractivity contribution in [3.63, 3.8) is 0 Å². The number of hydrogen-bond acceptors (Lipinski definition) is 5. The summed E-state index contributed by atoms with van der Waals surface area (Å²) in [5.74, 6) is 0.266. The Morgan fingerprint density at radius 3 is 2.79 bits per heavy atom. The molecule has 0 saturated carbocycles. The molecule has 7 heteroatoms. The normalized spacial score (nSPS) is 10.7. The number of nitro groups is 1. The van der Waals surface area contributed by atoms with Crippen LogP contribution in [-0.2, 0) is 0 Å². The van der Waals surface area contributed by atoms with Gasteiger partial charge in [-0.25, -0.2) is 4.98 Å². The minimum absolute atomic E-state index is 0.0916. The third-order valence-electron chi connectivity index (χ3n) is 2.74. The van der Waals surface area contributed by atoms with E-state index in [2.05, 4.69) is 29.0 Å². The molecule has 19 heavy (non-hydrogen) atoms. The van der Waals surface area contributed by atoms with Gasteiger partial charge in [-0.3, -0.25) is 10.1 Å². The predicted molar refractivity (Wildman–Crippen MR) is 76.8 cm³/mol. The molecule has 0 aromatic carbocycles. The summed E-state index contributed by atoms with van der Waals surface area (Å²) in [6.07, 6.45) is 2.49. The lowest BCUT2D eigenvalue weighted by molar-refractivity contribution is -0.384. The third kappa shape index (κ3) is 5.00. The zero-order valence-corrected chi connectivity index (χ0v) is 12.0. The maximum Gasteiger partial charge on any atom is 0.312 e. The van der Waals surface area contributed by atoms with Gasteiger partial charge in [-0.2, -0.15) is 0 Å². The lowest BCUT2D eigenvalue weighted by Gasteiger charge is -2.19. The largest absolute Gasteiger partial charge is 0.363 e. The van der Waals surface area contributed by atoms with Crippen molar-refractivity contribution >= 4 is 23.1 Å². The molecule has 0 atom stereocenters. The second-order valence-corrected chi connectivity index (χ2v) is 4.58. The van der Waals surface area contributed by atoms with E-state index in [1.807, 2.05) is 0 Å². The number of aromatic nitrogens is 1. The Morgan fingerprint density at radius 1 is 1.47 bits per heavy atom. The summed E-state index contributed by atoms with van der Waals surface area (Å²) >= 11 is 5.71. The fourth-order valence-electron chi connectivity index (χ4n) is 1.78. The van der Waals surface area contributed by atoms with E-state index in [1.165, 1.54) is 12.3 Å². The second kappa shape index (κ2) is 7.91. The van der Waals surface area contributed by atoms with Gasteiger partial charge in [-0.05, 0) is 19.5 Å². The Morgan fingerprint density at radius 2 is 2.21 bits per heavy atom. The Labute approximate surface area is 117 Å². The number of hydrogen-bond donors (Lipinski definition) is 1. The summed E-state index contributed by atoms with van der Waals surface area (Å²) in [7, 11) is 0. The standard InChI is InChI=1S/C12H19ClN4O2/c1-3-6-16(4-2)7-5-14-12-11(17(18)19)8-10(13)9-15-12/h8-9H,3-7H2,1-2H3,(H,14,15). The molecular formula is C12H19ClN4O2. The van der Waals surface area contributed by atoms with Crippen molar-refractivity contribution in [2.75, 3.05) is 31.5 Å². The number of nitrogens with zero attached hydrogens (tertiary/aromatic N) is 3. The van der Waals surface area contributed by atoms with Gasteiger partial charge < -0.3 is 10.2 Å². The molecule has 1 heterocycles. The van der Waals surface area contributed by atoms with Crippen LogP contribution >= 0.6 is 11.6 Å². The van der Waals surface area contributed by atoms with Gasteiger partial charge in [-0.15, -0.1) is 0 Å². The Balaban J connectivity index is 2.60. The quantitative estimate of drug-likeness (QED) is 0.588. The average Bonchev–Trinajstić information content (AvgIpc) is 2.39. The third-order valence-corrected chi connectivity index (χ3v) is 2.95. The zero-order valence-electron chi connectivity index (χ0n) is 11.2. The molecule has 1 N–H and O–H groups in total. The highest BCUT2D eigenvalue weighted by Crippen LogP contribution is 2.24. The summed E-state index contributed by atoms with van der Waals surface area (Å²) < 4.78 is 0. The van der Waals surface area contributed by atoms with Crippen LogP contribution in [0.3, 0.4) is 0 Å². The molecule has 1 aromatic rings. The van der Waals surface area contributed by atoms with Crippen molar-refractivity contribution in [3.8, 4) is 0 Å². The van der Waals surface area contributed by atoms with Crippen LogP contribution in [0.4, 0.5) is 11.5 Å². The topological polar surface area (TPSA) is 71.3 Å². The van der Waals surface area contributed by atoms with E-state index >= 15 is 0 Å². The molecule has 0 amide bonds. The van der Waals surface area contributed by atoms with Gasteiger partial charge >= 0.3 is 5.69 Å². The smallest absolute Gasteiger partial charge is 0.312 e. The van der Waals surface area contributed by atoms with Gasteiger partial charge in [-0.1, -0.05) is 25.4 Å². The fourth-order valence-corrected chi connectivity index (χ4v) is 1.93. The lowest BCUT2D eigenvalue weighted by atomic mass is 10.3. The zero-order chi connectivity index (χ0) is 14.3. The van der Waals surface area contributed by atoms with Crippen molar-refractivity contribution < 1.29 is 4.92 Å². The molecule has 0 radical (unpaired) electrons. The number of halogens is 1. The maximum absolute atomic E-state index is 10.9. The number of likely N-dealkylation sites (N-methyl/N-ethyl adjacent to an activating group) is 1. The van der Waals surface area contributed by atoms with Crippen LogP contribution in [0.5, 0.6) is 0 Å². The van der Waals surface area contributed by atoms with Crippen LogP contribution in [0.1, 0.15) is 20.3 Å². The van der Waals surface area contributed by atoms with E-state index in [9.17, 15) is 10.1 Å². The van der Waals surface area contributed by atoms with Gasteiger partial charge in [0.05, 0.1) is 9.95 Å². The molecule has 1 aromatic heterocycles.